The Bertz CT molecular complexity index is 1140. The van der Waals surface area contributed by atoms with Crippen LogP contribution >= 0.6 is 0 Å². The van der Waals surface area contributed by atoms with Gasteiger partial charge >= 0.3 is 0 Å². The maximum atomic E-state index is 12.3. The molecule has 0 aromatic heterocycles. The van der Waals surface area contributed by atoms with Crippen LogP contribution in [0.2, 0.25) is 0 Å². The molecule has 0 atom stereocenters. The molecule has 1 heterocycles. The second-order valence-electron chi connectivity index (χ2n) is 13.3. The Kier molecular flexibility index (Phi) is 7.12. The van der Waals surface area contributed by atoms with Crippen LogP contribution in [0.1, 0.15) is 82.6 Å². The molecule has 9 nitrogen and oxygen atoms in total. The van der Waals surface area contributed by atoms with E-state index in [0.29, 0.717) is 30.7 Å². The molecular formula is C29H42N2O7S. The minimum atomic E-state index is -4.02. The molecule has 6 aliphatic carbocycles. The molecule has 10 heteroatoms. The van der Waals surface area contributed by atoms with Crippen molar-refractivity contribution in [2.75, 3.05) is 6.54 Å². The van der Waals surface area contributed by atoms with Gasteiger partial charge in [-0.15, -0.1) is 0 Å². The lowest BCUT2D eigenvalue weighted by Gasteiger charge is -2.57. The van der Waals surface area contributed by atoms with Gasteiger partial charge in [0.15, 0.2) is 0 Å². The highest BCUT2D eigenvalue weighted by Gasteiger charge is 2.66. The van der Waals surface area contributed by atoms with Gasteiger partial charge in [0.2, 0.25) is 17.5 Å². The summed E-state index contributed by atoms with van der Waals surface area (Å²) in [5.41, 5.74) is 6.90. The van der Waals surface area contributed by atoms with Crippen LogP contribution in [0.25, 0.3) is 0 Å². The van der Waals surface area contributed by atoms with E-state index in [9.17, 15) is 13.2 Å². The number of nitrogens with one attached hydrogen (secondary N) is 1. The zero-order valence-corrected chi connectivity index (χ0v) is 23.6. The van der Waals surface area contributed by atoms with Crippen LogP contribution in [0.5, 0.6) is 0 Å². The third-order valence-corrected chi connectivity index (χ3v) is 11.0. The Labute approximate surface area is 231 Å². The van der Waals surface area contributed by atoms with Crippen molar-refractivity contribution in [2.45, 2.75) is 106 Å². The number of carbonyl (C=O) groups excluding carboxylic acids is 1. The van der Waals surface area contributed by atoms with Crippen molar-refractivity contribution in [3.05, 3.63) is 29.8 Å². The number of benzene rings is 1. The summed E-state index contributed by atoms with van der Waals surface area (Å²) in [6.45, 7) is 2.46. The topological polar surface area (TPSA) is 137 Å². The lowest BCUT2D eigenvalue weighted by Crippen LogP contribution is -2.59. The van der Waals surface area contributed by atoms with Gasteiger partial charge in [-0.05, 0) is 94.6 Å². The van der Waals surface area contributed by atoms with Crippen LogP contribution in [0, 0.1) is 36.5 Å². The lowest BCUT2D eigenvalue weighted by molar-refractivity contribution is -0.390. The summed E-state index contributed by atoms with van der Waals surface area (Å²) in [6, 6.07) is 5.99. The normalized spacial score (nSPS) is 39.4. The molecule has 1 saturated heterocycles. The van der Waals surface area contributed by atoms with E-state index < -0.39 is 21.7 Å². The fraction of sp³-hybridized carbons (Fsp3) is 0.759. The van der Waals surface area contributed by atoms with Crippen molar-refractivity contribution in [3.8, 4) is 0 Å². The Balaban J connectivity index is 0.000000213. The smallest absolute Gasteiger partial charge is 0.294 e. The summed E-state index contributed by atoms with van der Waals surface area (Å²) < 4.78 is 36.3. The Morgan fingerprint density at radius 2 is 1.56 bits per heavy atom. The average molecular weight is 563 g/mol. The summed E-state index contributed by atoms with van der Waals surface area (Å²) in [7, 11) is -4.02. The van der Waals surface area contributed by atoms with E-state index in [1.54, 1.807) is 12.1 Å². The minimum Gasteiger partial charge on any atom is -0.354 e. The molecule has 1 aromatic carbocycles. The fourth-order valence-electron chi connectivity index (χ4n) is 7.77. The van der Waals surface area contributed by atoms with Crippen LogP contribution in [-0.2, 0) is 29.4 Å². The summed E-state index contributed by atoms with van der Waals surface area (Å²) in [4.78, 5) is 24.3. The molecule has 4 bridgehead atoms. The van der Waals surface area contributed by atoms with E-state index in [0.717, 1.165) is 55.9 Å². The van der Waals surface area contributed by atoms with E-state index in [1.165, 1.54) is 44.2 Å². The third kappa shape index (κ3) is 5.78. The zero-order chi connectivity index (χ0) is 27.5. The van der Waals surface area contributed by atoms with E-state index in [2.05, 4.69) is 5.32 Å². The zero-order valence-electron chi connectivity index (χ0n) is 22.8. The maximum Gasteiger partial charge on any atom is 0.294 e. The first-order valence-corrected chi connectivity index (χ1v) is 16.1. The Morgan fingerprint density at radius 1 is 0.974 bits per heavy atom. The third-order valence-electron chi connectivity index (χ3n) is 10.1. The summed E-state index contributed by atoms with van der Waals surface area (Å²) in [5.74, 6) is 2.29. The molecule has 1 aromatic rings. The highest BCUT2D eigenvalue weighted by Crippen LogP contribution is 2.63. The molecule has 8 rings (SSSR count). The van der Waals surface area contributed by atoms with Crippen molar-refractivity contribution >= 4 is 16.0 Å². The van der Waals surface area contributed by atoms with Gasteiger partial charge in [0.05, 0.1) is 4.90 Å². The SMILES string of the molecule is Cc1ccc(S(=O)(=O)O)cc1.NC1(CNC(=O)CC2CCC3(CC2)OOC2(O3)C3CC4CC(C3)CC2C4)CC1. The van der Waals surface area contributed by atoms with Crippen LogP contribution < -0.4 is 11.1 Å². The largest absolute Gasteiger partial charge is 0.354 e. The van der Waals surface area contributed by atoms with E-state index in [1.807, 2.05) is 6.92 Å². The number of nitrogens with two attached hydrogens (primary N) is 1. The van der Waals surface area contributed by atoms with Crippen molar-refractivity contribution in [2.24, 2.45) is 35.3 Å². The van der Waals surface area contributed by atoms with Gasteiger partial charge in [0.1, 0.15) is 0 Å². The Morgan fingerprint density at radius 3 is 2.10 bits per heavy atom. The summed E-state index contributed by atoms with van der Waals surface area (Å²) >= 11 is 0. The molecule has 2 spiro atoms. The number of hydrogen-bond donors (Lipinski definition) is 3. The molecule has 0 radical (unpaired) electrons. The van der Waals surface area contributed by atoms with Gasteiger partial charge in [-0.1, -0.05) is 17.7 Å². The molecule has 0 unspecified atom stereocenters. The van der Waals surface area contributed by atoms with E-state index >= 15 is 0 Å². The predicted molar refractivity (Wildman–Crippen MR) is 142 cm³/mol. The van der Waals surface area contributed by atoms with Gasteiger partial charge < -0.3 is 15.8 Å². The first-order chi connectivity index (χ1) is 18.5. The van der Waals surface area contributed by atoms with Crippen LogP contribution in [-0.4, -0.2) is 42.5 Å². The molecule has 216 valence electrons. The molecule has 7 fully saturated rings. The first kappa shape index (κ1) is 27.6. The number of amides is 1. The highest BCUT2D eigenvalue weighted by molar-refractivity contribution is 7.85. The lowest BCUT2D eigenvalue weighted by atomic mass is 9.53. The van der Waals surface area contributed by atoms with Crippen molar-refractivity contribution in [1.82, 2.24) is 5.32 Å². The maximum absolute atomic E-state index is 12.3. The first-order valence-electron chi connectivity index (χ1n) is 14.6. The molecule has 39 heavy (non-hydrogen) atoms. The number of aryl methyl sites for hydroxylation is 1. The van der Waals surface area contributed by atoms with E-state index in [-0.39, 0.29) is 16.3 Å². The van der Waals surface area contributed by atoms with Gasteiger partial charge in [-0.2, -0.15) is 18.2 Å². The fourth-order valence-corrected chi connectivity index (χ4v) is 8.25. The van der Waals surface area contributed by atoms with Gasteiger partial charge in [-0.3, -0.25) is 9.35 Å². The van der Waals surface area contributed by atoms with Crippen LogP contribution in [0.3, 0.4) is 0 Å². The van der Waals surface area contributed by atoms with Crippen molar-refractivity contribution < 1.29 is 32.3 Å². The molecule has 7 aliphatic rings. The second-order valence-corrected chi connectivity index (χ2v) is 14.7. The second kappa shape index (κ2) is 10.1. The van der Waals surface area contributed by atoms with Gasteiger partial charge in [-0.25, -0.2) is 0 Å². The van der Waals surface area contributed by atoms with Crippen molar-refractivity contribution in [3.63, 3.8) is 0 Å². The van der Waals surface area contributed by atoms with Gasteiger partial charge in [0.25, 0.3) is 10.1 Å². The molecule has 1 amide bonds. The summed E-state index contributed by atoms with van der Waals surface area (Å²) in [6.07, 6.45) is 12.6. The number of carbonyl (C=O) groups is 1. The van der Waals surface area contributed by atoms with E-state index in [4.69, 9.17) is 24.8 Å². The molecule has 1 aliphatic heterocycles. The number of ether oxygens (including phenoxy) is 1. The average Bonchev–Trinajstić information content (AvgIpc) is 3.51. The standard InChI is InChI=1S/C22H34N2O4.C7H8O3S/c23-20(5-6-20)13-24-19(25)12-14-1-3-21(4-2-14)26-22(28-27-21)17-8-15-7-16(10-17)11-18(22)9-15;1-6-2-4-7(5-3-6)11(8,9)10/h14-18H,1-13,23H2,(H,24,25);2-5H,1H3,(H,8,9,10). The number of hydrogen-bond acceptors (Lipinski definition) is 7. The quantitative estimate of drug-likeness (QED) is 0.358. The number of rotatable bonds is 5. The summed E-state index contributed by atoms with van der Waals surface area (Å²) in [5, 5.41) is 3.02. The molecule has 6 saturated carbocycles. The van der Waals surface area contributed by atoms with Crippen LogP contribution in [0.15, 0.2) is 29.2 Å². The molecular weight excluding hydrogens is 520 g/mol. The van der Waals surface area contributed by atoms with Crippen molar-refractivity contribution in [1.29, 1.82) is 0 Å². The van der Waals surface area contributed by atoms with Gasteiger partial charge in [0, 0.05) is 43.2 Å². The predicted octanol–water partition coefficient (Wildman–Crippen LogP) is 4.24. The molecule has 4 N–H and O–H groups in total. The highest BCUT2D eigenvalue weighted by atomic mass is 32.2. The Hall–Kier alpha value is -1.56. The minimum absolute atomic E-state index is 0.0666. The monoisotopic (exact) mass is 562 g/mol. The van der Waals surface area contributed by atoms with Crippen LogP contribution in [0.4, 0.5) is 0 Å².